The van der Waals surface area contributed by atoms with Gasteiger partial charge in [0.25, 0.3) is 0 Å². The van der Waals surface area contributed by atoms with Crippen molar-refractivity contribution in [2.24, 2.45) is 0 Å². The zero-order valence-corrected chi connectivity index (χ0v) is 14.8. The van der Waals surface area contributed by atoms with E-state index in [0.29, 0.717) is 0 Å². The van der Waals surface area contributed by atoms with Gasteiger partial charge >= 0.3 is 0 Å². The summed E-state index contributed by atoms with van der Waals surface area (Å²) >= 11 is 3.70. The van der Waals surface area contributed by atoms with Crippen molar-refractivity contribution in [3.8, 4) is 0 Å². The minimum absolute atomic E-state index is 0.942. The lowest BCUT2D eigenvalue weighted by Gasteiger charge is -2.22. The molecule has 0 bridgehead atoms. The molecule has 1 aromatic carbocycles. The van der Waals surface area contributed by atoms with Crippen LogP contribution in [0, 0.1) is 0 Å². The molecule has 0 aliphatic rings. The van der Waals surface area contributed by atoms with Gasteiger partial charge in [-0.1, -0.05) is 13.0 Å². The molecule has 0 aromatic heterocycles. The average Bonchev–Trinajstić information content (AvgIpc) is 2.38. The van der Waals surface area contributed by atoms with Gasteiger partial charge in [-0.15, -0.1) is 0 Å². The van der Waals surface area contributed by atoms with Crippen LogP contribution in [0.5, 0.6) is 0 Å². The van der Waals surface area contributed by atoms with Crippen molar-refractivity contribution in [1.29, 1.82) is 0 Å². The molecule has 1 rings (SSSR count). The first kappa shape index (κ1) is 17.5. The lowest BCUT2D eigenvalue weighted by atomic mass is 10.2. The molecule has 0 atom stereocenters. The number of nitrogens with one attached hydrogen (secondary N) is 1. The van der Waals surface area contributed by atoms with Gasteiger partial charge in [0.15, 0.2) is 0 Å². The quantitative estimate of drug-likeness (QED) is 0.695. The van der Waals surface area contributed by atoms with Crippen molar-refractivity contribution in [3.05, 3.63) is 28.2 Å². The Morgan fingerprint density at radius 3 is 2.50 bits per heavy atom. The topological polar surface area (TPSA) is 18.5 Å². The van der Waals surface area contributed by atoms with E-state index in [4.69, 9.17) is 0 Å². The number of rotatable bonds is 9. The molecular weight excluding hydrogens is 314 g/mol. The minimum Gasteiger partial charge on any atom is -0.374 e. The maximum absolute atomic E-state index is 3.70. The van der Waals surface area contributed by atoms with E-state index in [0.717, 1.165) is 26.2 Å². The van der Waals surface area contributed by atoms with Gasteiger partial charge in [-0.05, 0) is 73.7 Å². The van der Waals surface area contributed by atoms with E-state index in [1.807, 2.05) is 0 Å². The highest BCUT2D eigenvalue weighted by atomic mass is 79.9. The Labute approximate surface area is 132 Å². The fourth-order valence-electron chi connectivity index (χ4n) is 2.12. The molecule has 20 heavy (non-hydrogen) atoms. The first-order chi connectivity index (χ1) is 9.54. The lowest BCUT2D eigenvalue weighted by molar-refractivity contribution is 0.401. The molecule has 0 saturated carbocycles. The van der Waals surface area contributed by atoms with Crippen molar-refractivity contribution < 1.29 is 0 Å². The fourth-order valence-corrected chi connectivity index (χ4v) is 2.85. The second-order valence-corrected chi connectivity index (χ2v) is 6.40. The molecule has 0 heterocycles. The van der Waals surface area contributed by atoms with Crippen LogP contribution in [-0.4, -0.2) is 45.7 Å². The van der Waals surface area contributed by atoms with E-state index >= 15 is 0 Å². The second-order valence-electron chi connectivity index (χ2n) is 5.54. The van der Waals surface area contributed by atoms with Crippen molar-refractivity contribution in [3.63, 3.8) is 0 Å². The van der Waals surface area contributed by atoms with Crippen LogP contribution in [0.1, 0.15) is 25.3 Å². The molecule has 0 spiro atoms. The van der Waals surface area contributed by atoms with Crippen molar-refractivity contribution in [2.45, 2.75) is 26.3 Å². The second kappa shape index (κ2) is 9.37. The molecule has 1 N–H and O–H groups in total. The summed E-state index contributed by atoms with van der Waals surface area (Å²) in [6.07, 6.45) is 2.35. The van der Waals surface area contributed by atoms with E-state index < -0.39 is 0 Å². The summed E-state index contributed by atoms with van der Waals surface area (Å²) in [5.74, 6) is 0. The van der Waals surface area contributed by atoms with Gasteiger partial charge in [0, 0.05) is 24.6 Å². The van der Waals surface area contributed by atoms with E-state index in [-0.39, 0.29) is 0 Å². The maximum Gasteiger partial charge on any atom is 0.0508 e. The van der Waals surface area contributed by atoms with Crippen LogP contribution >= 0.6 is 15.9 Å². The summed E-state index contributed by atoms with van der Waals surface area (Å²) in [6, 6.07) is 6.65. The molecule has 0 aliphatic heterocycles. The zero-order chi connectivity index (χ0) is 15.0. The highest BCUT2D eigenvalue weighted by Crippen LogP contribution is 2.26. The Balaban J connectivity index is 2.53. The Morgan fingerprint density at radius 1 is 1.15 bits per heavy atom. The SMILES string of the molecule is CCCNCc1ccc(N(C)CCCN(C)C)c(Br)c1. The van der Waals surface area contributed by atoms with E-state index in [9.17, 15) is 0 Å². The van der Waals surface area contributed by atoms with Crippen LogP contribution < -0.4 is 10.2 Å². The fraction of sp³-hybridized carbons (Fsp3) is 0.625. The first-order valence-electron chi connectivity index (χ1n) is 7.39. The largest absolute Gasteiger partial charge is 0.374 e. The highest BCUT2D eigenvalue weighted by Gasteiger charge is 2.06. The first-order valence-corrected chi connectivity index (χ1v) is 8.19. The molecule has 4 heteroatoms. The summed E-state index contributed by atoms with van der Waals surface area (Å²) in [5, 5.41) is 3.43. The van der Waals surface area contributed by atoms with Gasteiger partial charge in [0.2, 0.25) is 0 Å². The van der Waals surface area contributed by atoms with Gasteiger partial charge < -0.3 is 15.1 Å². The number of hydrogen-bond acceptors (Lipinski definition) is 3. The third-order valence-electron chi connectivity index (χ3n) is 3.28. The number of hydrogen-bond donors (Lipinski definition) is 1. The van der Waals surface area contributed by atoms with Crippen molar-refractivity contribution in [2.75, 3.05) is 45.7 Å². The minimum atomic E-state index is 0.942. The average molecular weight is 342 g/mol. The summed E-state index contributed by atoms with van der Waals surface area (Å²) in [6.45, 7) is 6.40. The van der Waals surface area contributed by atoms with Gasteiger partial charge in [-0.25, -0.2) is 0 Å². The third-order valence-corrected chi connectivity index (χ3v) is 3.91. The molecule has 0 aliphatic carbocycles. The van der Waals surface area contributed by atoms with E-state index in [1.54, 1.807) is 0 Å². The molecular formula is C16H28BrN3. The molecule has 114 valence electrons. The number of nitrogens with zero attached hydrogens (tertiary/aromatic N) is 2. The van der Waals surface area contributed by atoms with Gasteiger partial charge in [-0.3, -0.25) is 0 Å². The third kappa shape index (κ3) is 6.25. The smallest absolute Gasteiger partial charge is 0.0508 e. The van der Waals surface area contributed by atoms with Gasteiger partial charge in [0.05, 0.1) is 5.69 Å². The maximum atomic E-state index is 3.70. The predicted octanol–water partition coefficient (Wildman–Crippen LogP) is 3.34. The van der Waals surface area contributed by atoms with Crippen LogP contribution in [0.25, 0.3) is 0 Å². The molecule has 0 amide bonds. The molecule has 0 radical (unpaired) electrons. The number of halogens is 1. The van der Waals surface area contributed by atoms with Crippen LogP contribution in [0.3, 0.4) is 0 Å². The summed E-state index contributed by atoms with van der Waals surface area (Å²) in [4.78, 5) is 4.54. The molecule has 0 fully saturated rings. The van der Waals surface area contributed by atoms with Crippen LogP contribution in [-0.2, 0) is 6.54 Å². The molecule has 0 saturated heterocycles. The van der Waals surface area contributed by atoms with Gasteiger partial charge in [-0.2, -0.15) is 0 Å². The Hall–Kier alpha value is -0.580. The van der Waals surface area contributed by atoms with Crippen LogP contribution in [0.2, 0.25) is 0 Å². The van der Waals surface area contributed by atoms with E-state index in [2.05, 4.69) is 77.3 Å². The highest BCUT2D eigenvalue weighted by molar-refractivity contribution is 9.10. The lowest BCUT2D eigenvalue weighted by Crippen LogP contribution is -2.23. The standard InChI is InChI=1S/C16H28BrN3/c1-5-9-18-13-14-7-8-16(15(17)12-14)20(4)11-6-10-19(2)3/h7-8,12,18H,5-6,9-11,13H2,1-4H3. The zero-order valence-electron chi connectivity index (χ0n) is 13.2. The monoisotopic (exact) mass is 341 g/mol. The van der Waals surface area contributed by atoms with Crippen molar-refractivity contribution in [1.82, 2.24) is 10.2 Å². The normalized spacial score (nSPS) is 11.1. The molecule has 3 nitrogen and oxygen atoms in total. The summed E-state index contributed by atoms with van der Waals surface area (Å²) < 4.78 is 1.18. The Morgan fingerprint density at radius 2 is 1.90 bits per heavy atom. The molecule has 1 aromatic rings. The Bertz CT molecular complexity index is 393. The van der Waals surface area contributed by atoms with Crippen molar-refractivity contribution >= 4 is 21.6 Å². The van der Waals surface area contributed by atoms with E-state index in [1.165, 1.54) is 28.6 Å². The predicted molar refractivity (Wildman–Crippen MR) is 92.6 cm³/mol. The number of benzene rings is 1. The van der Waals surface area contributed by atoms with Gasteiger partial charge in [0.1, 0.15) is 0 Å². The Kier molecular flexibility index (Phi) is 8.19. The van der Waals surface area contributed by atoms with Crippen LogP contribution in [0.15, 0.2) is 22.7 Å². The number of anilines is 1. The summed E-state index contributed by atoms with van der Waals surface area (Å²) in [5.41, 5.74) is 2.60. The molecule has 0 unspecified atom stereocenters. The summed E-state index contributed by atoms with van der Waals surface area (Å²) in [7, 11) is 6.40. The van der Waals surface area contributed by atoms with Crippen LogP contribution in [0.4, 0.5) is 5.69 Å².